The summed E-state index contributed by atoms with van der Waals surface area (Å²) in [6, 6.07) is 5.79. The zero-order chi connectivity index (χ0) is 14.4. The molecule has 3 rings (SSSR count). The van der Waals surface area contributed by atoms with Gasteiger partial charge in [0.2, 0.25) is 5.91 Å². The molecular formula is C15H16F3NO. The van der Waals surface area contributed by atoms with E-state index >= 15 is 0 Å². The van der Waals surface area contributed by atoms with Crippen molar-refractivity contribution in [3.05, 3.63) is 35.6 Å². The van der Waals surface area contributed by atoms with Crippen molar-refractivity contribution in [2.75, 3.05) is 13.1 Å². The lowest BCUT2D eigenvalue weighted by atomic mass is 9.92. The van der Waals surface area contributed by atoms with Gasteiger partial charge in [-0.3, -0.25) is 4.79 Å². The number of carbonyl (C=O) groups is 1. The fourth-order valence-corrected chi connectivity index (χ4v) is 3.00. The van der Waals surface area contributed by atoms with Crippen molar-refractivity contribution < 1.29 is 18.0 Å². The quantitative estimate of drug-likeness (QED) is 0.817. The van der Waals surface area contributed by atoms with Crippen LogP contribution in [0.3, 0.4) is 0 Å². The zero-order valence-corrected chi connectivity index (χ0v) is 11.0. The summed E-state index contributed by atoms with van der Waals surface area (Å²) in [6.07, 6.45) is 0.938. The van der Waals surface area contributed by atoms with Gasteiger partial charge in [0.15, 0.2) is 0 Å². The minimum atomic E-state index is -2.53. The Balaban J connectivity index is 1.56. The number of alkyl halides is 2. The summed E-state index contributed by atoms with van der Waals surface area (Å²) in [6.45, 7) is 0.797. The summed E-state index contributed by atoms with van der Waals surface area (Å²) in [5.41, 5.74) is -0.0898. The third kappa shape index (κ3) is 2.30. The van der Waals surface area contributed by atoms with E-state index in [-0.39, 0.29) is 24.6 Å². The van der Waals surface area contributed by atoms with Crippen LogP contribution in [0.2, 0.25) is 0 Å². The summed E-state index contributed by atoms with van der Waals surface area (Å²) in [4.78, 5) is 13.7. The lowest BCUT2D eigenvalue weighted by Gasteiger charge is -2.32. The van der Waals surface area contributed by atoms with E-state index in [0.717, 1.165) is 5.56 Å². The van der Waals surface area contributed by atoms with Crippen LogP contribution in [0.5, 0.6) is 0 Å². The number of halogens is 3. The molecule has 1 aromatic rings. The monoisotopic (exact) mass is 283 g/mol. The van der Waals surface area contributed by atoms with Gasteiger partial charge in [0.05, 0.1) is 6.42 Å². The fourth-order valence-electron chi connectivity index (χ4n) is 3.00. The third-order valence-corrected chi connectivity index (χ3v) is 4.55. The second-order valence-corrected chi connectivity index (χ2v) is 5.85. The van der Waals surface area contributed by atoms with Gasteiger partial charge in [-0.1, -0.05) is 12.1 Å². The Hall–Kier alpha value is -1.52. The second kappa shape index (κ2) is 4.50. The highest BCUT2D eigenvalue weighted by atomic mass is 19.3. The summed E-state index contributed by atoms with van der Waals surface area (Å²) in [5, 5.41) is 0. The Morgan fingerprint density at radius 1 is 1.15 bits per heavy atom. The van der Waals surface area contributed by atoms with Crippen LogP contribution in [0.25, 0.3) is 0 Å². The fraction of sp³-hybridized carbons (Fsp3) is 0.533. The molecule has 5 heteroatoms. The van der Waals surface area contributed by atoms with E-state index in [4.69, 9.17) is 0 Å². The molecule has 2 aliphatic rings. The molecule has 1 aromatic carbocycles. The first-order valence-electron chi connectivity index (χ1n) is 6.82. The Morgan fingerprint density at radius 2 is 1.70 bits per heavy atom. The minimum absolute atomic E-state index is 0.0278. The average molecular weight is 283 g/mol. The van der Waals surface area contributed by atoms with E-state index in [1.54, 1.807) is 17.0 Å². The maximum Gasteiger partial charge on any atom is 0.254 e. The van der Waals surface area contributed by atoms with Crippen molar-refractivity contribution in [1.82, 2.24) is 4.90 Å². The highest BCUT2D eigenvalue weighted by Crippen LogP contribution is 2.65. The molecule has 0 atom stereocenters. The summed E-state index contributed by atoms with van der Waals surface area (Å²) in [7, 11) is 0. The smallest absolute Gasteiger partial charge is 0.254 e. The Bertz CT molecular complexity index is 518. The van der Waals surface area contributed by atoms with Crippen LogP contribution in [0.4, 0.5) is 13.2 Å². The van der Waals surface area contributed by atoms with E-state index in [1.165, 1.54) is 12.1 Å². The molecule has 0 aromatic heterocycles. The van der Waals surface area contributed by atoms with E-state index in [1.807, 2.05) is 0 Å². The molecule has 0 radical (unpaired) electrons. The molecule has 1 saturated heterocycles. The number of hydrogen-bond donors (Lipinski definition) is 0. The van der Waals surface area contributed by atoms with Crippen LogP contribution in [-0.2, 0) is 11.2 Å². The van der Waals surface area contributed by atoms with Gasteiger partial charge in [0.25, 0.3) is 5.92 Å². The Morgan fingerprint density at radius 3 is 2.20 bits per heavy atom. The first-order chi connectivity index (χ1) is 9.42. The highest BCUT2D eigenvalue weighted by Gasteiger charge is 2.70. The van der Waals surface area contributed by atoms with Crippen molar-refractivity contribution >= 4 is 5.91 Å². The molecule has 2 fully saturated rings. The first-order valence-corrected chi connectivity index (χ1v) is 6.82. The van der Waals surface area contributed by atoms with Gasteiger partial charge in [-0.25, -0.2) is 13.2 Å². The number of hydrogen-bond acceptors (Lipinski definition) is 1. The van der Waals surface area contributed by atoms with Gasteiger partial charge in [0, 0.05) is 24.9 Å². The van der Waals surface area contributed by atoms with Crippen molar-refractivity contribution in [3.63, 3.8) is 0 Å². The number of piperidine rings is 1. The molecular weight excluding hydrogens is 267 g/mol. The number of rotatable bonds is 2. The molecule has 1 amide bonds. The number of amides is 1. The second-order valence-electron chi connectivity index (χ2n) is 5.85. The Kier molecular flexibility index (Phi) is 3.03. The SMILES string of the molecule is O=C(Cc1ccc(F)cc1)N1CCC2(CC1)CC2(F)F. The van der Waals surface area contributed by atoms with E-state index in [9.17, 15) is 18.0 Å². The molecule has 1 spiro atoms. The van der Waals surface area contributed by atoms with Gasteiger partial charge in [-0.2, -0.15) is 0 Å². The predicted octanol–water partition coefficient (Wildman–Crippen LogP) is 3.02. The van der Waals surface area contributed by atoms with Crippen LogP contribution in [0.1, 0.15) is 24.8 Å². The summed E-state index contributed by atoms with van der Waals surface area (Å²) < 4.78 is 39.3. The van der Waals surface area contributed by atoms with Crippen molar-refractivity contribution in [2.24, 2.45) is 5.41 Å². The van der Waals surface area contributed by atoms with Crippen LogP contribution < -0.4 is 0 Å². The van der Waals surface area contributed by atoms with Gasteiger partial charge < -0.3 is 4.90 Å². The molecule has 108 valence electrons. The topological polar surface area (TPSA) is 20.3 Å². The van der Waals surface area contributed by atoms with E-state index in [2.05, 4.69) is 0 Å². The predicted molar refractivity (Wildman–Crippen MR) is 67.9 cm³/mol. The maximum atomic E-state index is 13.2. The van der Waals surface area contributed by atoms with Gasteiger partial charge in [-0.15, -0.1) is 0 Å². The number of nitrogens with zero attached hydrogens (tertiary/aromatic N) is 1. The highest BCUT2D eigenvalue weighted by molar-refractivity contribution is 5.78. The first kappa shape index (κ1) is 13.5. The largest absolute Gasteiger partial charge is 0.342 e. The lowest BCUT2D eigenvalue weighted by molar-refractivity contribution is -0.132. The zero-order valence-electron chi connectivity index (χ0n) is 11.0. The summed E-state index contributed by atoms with van der Waals surface area (Å²) >= 11 is 0. The Labute approximate surface area is 115 Å². The van der Waals surface area contributed by atoms with Crippen molar-refractivity contribution in [1.29, 1.82) is 0 Å². The summed E-state index contributed by atoms with van der Waals surface area (Å²) in [5.74, 6) is -2.94. The van der Waals surface area contributed by atoms with Crippen molar-refractivity contribution in [2.45, 2.75) is 31.6 Å². The third-order valence-electron chi connectivity index (χ3n) is 4.55. The molecule has 1 heterocycles. The van der Waals surface area contributed by atoms with Gasteiger partial charge in [0.1, 0.15) is 5.82 Å². The molecule has 2 nitrogen and oxygen atoms in total. The van der Waals surface area contributed by atoms with Crippen LogP contribution in [-0.4, -0.2) is 29.8 Å². The molecule has 20 heavy (non-hydrogen) atoms. The molecule has 0 bridgehead atoms. The normalized spacial score (nSPS) is 22.9. The van der Waals surface area contributed by atoms with E-state index < -0.39 is 11.3 Å². The van der Waals surface area contributed by atoms with Gasteiger partial charge >= 0.3 is 0 Å². The lowest BCUT2D eigenvalue weighted by Crippen LogP contribution is -2.41. The minimum Gasteiger partial charge on any atom is -0.342 e. The standard InChI is InChI=1S/C15H16F3NO/c16-12-3-1-11(2-4-12)9-13(20)19-7-5-14(6-8-19)10-15(14,17)18/h1-4H,5-10H2. The number of benzene rings is 1. The van der Waals surface area contributed by atoms with Crippen LogP contribution in [0.15, 0.2) is 24.3 Å². The van der Waals surface area contributed by atoms with Crippen LogP contribution >= 0.6 is 0 Å². The van der Waals surface area contributed by atoms with E-state index in [0.29, 0.717) is 25.9 Å². The van der Waals surface area contributed by atoms with Crippen molar-refractivity contribution in [3.8, 4) is 0 Å². The maximum absolute atomic E-state index is 13.2. The molecule has 0 N–H and O–H groups in total. The molecule has 1 aliphatic heterocycles. The van der Waals surface area contributed by atoms with Crippen LogP contribution in [0, 0.1) is 11.2 Å². The molecule has 1 saturated carbocycles. The molecule has 0 unspecified atom stereocenters. The average Bonchev–Trinajstić information content (AvgIpc) is 2.93. The van der Waals surface area contributed by atoms with Gasteiger partial charge in [-0.05, 0) is 30.5 Å². The molecule has 1 aliphatic carbocycles. The number of likely N-dealkylation sites (tertiary alicyclic amines) is 1. The number of carbonyl (C=O) groups excluding carboxylic acids is 1.